The first-order valence-electron chi connectivity index (χ1n) is 14.0. The number of aromatic nitrogens is 3. The SMILES string of the molecule is CN=Nc1ccc(-c2cc(-c3cc4c(-c5cc(F)c6c(c5C)CCCO6)c(CC(=O)O)c(C)nc4n3C)ccn2)cc1N. The van der Waals surface area contributed by atoms with Gasteiger partial charge in [0.25, 0.3) is 0 Å². The maximum atomic E-state index is 15.5. The van der Waals surface area contributed by atoms with E-state index in [9.17, 15) is 9.90 Å². The van der Waals surface area contributed by atoms with E-state index in [2.05, 4.69) is 15.2 Å². The van der Waals surface area contributed by atoms with Crippen LogP contribution in [0.3, 0.4) is 0 Å². The fraction of sp³-hybridized carbons (Fsp3) is 0.242. The highest BCUT2D eigenvalue weighted by molar-refractivity contribution is 6.01. The molecule has 218 valence electrons. The minimum Gasteiger partial charge on any atom is -0.490 e. The molecule has 2 aromatic carbocycles. The number of rotatable bonds is 6. The normalized spacial score (nSPS) is 13.0. The van der Waals surface area contributed by atoms with Crippen molar-refractivity contribution in [1.29, 1.82) is 0 Å². The number of nitrogens with zero attached hydrogens (tertiary/aromatic N) is 5. The predicted octanol–water partition coefficient (Wildman–Crippen LogP) is 6.97. The van der Waals surface area contributed by atoms with Crippen molar-refractivity contribution in [2.24, 2.45) is 17.3 Å². The molecule has 0 amide bonds. The molecular formula is C33H31FN6O3. The molecule has 3 N–H and O–H groups in total. The summed E-state index contributed by atoms with van der Waals surface area (Å²) in [5.74, 6) is -1.14. The molecule has 43 heavy (non-hydrogen) atoms. The van der Waals surface area contributed by atoms with Gasteiger partial charge in [-0.25, -0.2) is 9.37 Å². The lowest BCUT2D eigenvalue weighted by atomic mass is 9.87. The number of pyridine rings is 2. The molecule has 0 saturated carbocycles. The average molecular weight is 579 g/mol. The molecule has 0 fully saturated rings. The van der Waals surface area contributed by atoms with Gasteiger partial charge in [0.05, 0.1) is 30.1 Å². The summed E-state index contributed by atoms with van der Waals surface area (Å²) in [5.41, 5.74) is 15.4. The van der Waals surface area contributed by atoms with Crippen molar-refractivity contribution in [3.05, 3.63) is 76.9 Å². The predicted molar refractivity (Wildman–Crippen MR) is 164 cm³/mol. The number of carbonyl (C=O) groups is 1. The second kappa shape index (κ2) is 10.9. The zero-order valence-electron chi connectivity index (χ0n) is 24.4. The zero-order chi connectivity index (χ0) is 30.4. The van der Waals surface area contributed by atoms with E-state index in [1.165, 1.54) is 6.07 Å². The molecular weight excluding hydrogens is 547 g/mol. The smallest absolute Gasteiger partial charge is 0.307 e. The lowest BCUT2D eigenvalue weighted by Crippen LogP contribution is -2.13. The largest absolute Gasteiger partial charge is 0.490 e. The summed E-state index contributed by atoms with van der Waals surface area (Å²) < 4.78 is 23.1. The Morgan fingerprint density at radius 2 is 1.98 bits per heavy atom. The van der Waals surface area contributed by atoms with Gasteiger partial charge >= 0.3 is 5.97 Å². The number of fused-ring (bicyclic) bond motifs is 2. The van der Waals surface area contributed by atoms with E-state index < -0.39 is 11.8 Å². The summed E-state index contributed by atoms with van der Waals surface area (Å²) >= 11 is 0. The molecule has 6 rings (SSSR count). The quantitative estimate of drug-likeness (QED) is 0.165. The van der Waals surface area contributed by atoms with Gasteiger partial charge < -0.3 is 20.1 Å². The summed E-state index contributed by atoms with van der Waals surface area (Å²) in [6.45, 7) is 4.23. The van der Waals surface area contributed by atoms with E-state index in [0.29, 0.717) is 58.2 Å². The molecule has 0 unspecified atom stereocenters. The summed E-state index contributed by atoms with van der Waals surface area (Å²) in [6.07, 6.45) is 2.98. The topological polar surface area (TPSA) is 128 Å². The van der Waals surface area contributed by atoms with Gasteiger partial charge in [-0.3, -0.25) is 9.78 Å². The Hall–Kier alpha value is -5.12. The van der Waals surface area contributed by atoms with Gasteiger partial charge in [-0.1, -0.05) is 6.07 Å². The first kappa shape index (κ1) is 28.0. The Bertz CT molecular complexity index is 1960. The number of anilines is 1. The fourth-order valence-electron chi connectivity index (χ4n) is 6.01. The number of ether oxygens (including phenoxy) is 1. The zero-order valence-corrected chi connectivity index (χ0v) is 24.4. The van der Waals surface area contributed by atoms with Crippen LogP contribution in [0.1, 0.15) is 28.8 Å². The number of carboxylic acid groups (broad SMARTS) is 1. The summed E-state index contributed by atoms with van der Waals surface area (Å²) in [4.78, 5) is 21.4. The van der Waals surface area contributed by atoms with Gasteiger partial charge in [0, 0.05) is 48.1 Å². The van der Waals surface area contributed by atoms with Gasteiger partial charge in [-0.2, -0.15) is 10.2 Å². The number of benzene rings is 2. The van der Waals surface area contributed by atoms with Crippen LogP contribution in [-0.4, -0.2) is 39.3 Å². The number of nitrogens with two attached hydrogens (primary N) is 1. The van der Waals surface area contributed by atoms with E-state index >= 15 is 4.39 Å². The molecule has 0 aliphatic carbocycles. The molecule has 9 nitrogen and oxygen atoms in total. The van der Waals surface area contributed by atoms with Crippen LogP contribution in [0.25, 0.3) is 44.7 Å². The van der Waals surface area contributed by atoms with Crippen molar-refractivity contribution >= 4 is 28.4 Å². The van der Waals surface area contributed by atoms with Gasteiger partial charge in [0.1, 0.15) is 11.3 Å². The lowest BCUT2D eigenvalue weighted by molar-refractivity contribution is -0.136. The Morgan fingerprint density at radius 3 is 2.72 bits per heavy atom. The molecule has 0 atom stereocenters. The van der Waals surface area contributed by atoms with Crippen molar-refractivity contribution in [3.63, 3.8) is 0 Å². The van der Waals surface area contributed by atoms with E-state index in [1.807, 2.05) is 48.9 Å². The van der Waals surface area contributed by atoms with Crippen LogP contribution in [-0.2, 0) is 24.7 Å². The van der Waals surface area contributed by atoms with E-state index in [1.54, 1.807) is 26.2 Å². The monoisotopic (exact) mass is 578 g/mol. The van der Waals surface area contributed by atoms with Crippen LogP contribution in [0, 0.1) is 19.7 Å². The molecule has 0 radical (unpaired) electrons. The summed E-state index contributed by atoms with van der Waals surface area (Å²) in [6, 6.07) is 12.9. The van der Waals surface area contributed by atoms with Crippen LogP contribution in [0.2, 0.25) is 0 Å². The van der Waals surface area contributed by atoms with E-state index in [-0.39, 0.29) is 6.42 Å². The molecule has 1 aliphatic rings. The summed E-state index contributed by atoms with van der Waals surface area (Å²) in [7, 11) is 3.51. The Balaban J connectivity index is 1.57. The molecule has 4 heterocycles. The molecule has 0 saturated heterocycles. The molecule has 10 heteroatoms. The number of halogens is 1. The van der Waals surface area contributed by atoms with Crippen molar-refractivity contribution in [3.8, 4) is 39.4 Å². The highest BCUT2D eigenvalue weighted by Gasteiger charge is 2.26. The third-order valence-electron chi connectivity index (χ3n) is 8.10. The number of hydrogen-bond acceptors (Lipinski definition) is 7. The van der Waals surface area contributed by atoms with E-state index in [4.69, 9.17) is 15.5 Å². The van der Waals surface area contributed by atoms with Gasteiger partial charge in [0.2, 0.25) is 0 Å². The second-order valence-corrected chi connectivity index (χ2v) is 10.7. The maximum absolute atomic E-state index is 15.5. The van der Waals surface area contributed by atoms with Crippen molar-refractivity contribution in [2.45, 2.75) is 33.1 Å². The van der Waals surface area contributed by atoms with Gasteiger partial charge in [0.15, 0.2) is 11.6 Å². The van der Waals surface area contributed by atoms with Gasteiger partial charge in [-0.15, -0.1) is 0 Å². The van der Waals surface area contributed by atoms with Crippen LogP contribution in [0.15, 0.2) is 58.9 Å². The minimum absolute atomic E-state index is 0.239. The van der Waals surface area contributed by atoms with E-state index in [0.717, 1.165) is 45.4 Å². The summed E-state index contributed by atoms with van der Waals surface area (Å²) in [5, 5.41) is 18.4. The maximum Gasteiger partial charge on any atom is 0.307 e. The Labute approximate surface area is 247 Å². The second-order valence-electron chi connectivity index (χ2n) is 10.7. The number of carboxylic acids is 1. The molecule has 3 aromatic heterocycles. The Kier molecular flexibility index (Phi) is 7.13. The number of aliphatic carboxylic acids is 1. The Morgan fingerprint density at radius 1 is 1.16 bits per heavy atom. The number of nitrogen functional groups attached to an aromatic ring is 1. The fourth-order valence-corrected chi connectivity index (χ4v) is 6.01. The van der Waals surface area contributed by atoms with Crippen molar-refractivity contribution in [1.82, 2.24) is 14.5 Å². The molecule has 0 bridgehead atoms. The van der Waals surface area contributed by atoms with Crippen molar-refractivity contribution in [2.75, 3.05) is 19.4 Å². The highest BCUT2D eigenvalue weighted by atomic mass is 19.1. The molecule has 0 spiro atoms. The van der Waals surface area contributed by atoms with Crippen molar-refractivity contribution < 1.29 is 19.0 Å². The van der Waals surface area contributed by atoms with Crippen LogP contribution in [0.5, 0.6) is 5.75 Å². The van der Waals surface area contributed by atoms with Crippen LogP contribution in [0.4, 0.5) is 15.8 Å². The van der Waals surface area contributed by atoms with Gasteiger partial charge in [-0.05, 0) is 85.3 Å². The number of aryl methyl sites for hydroxylation is 2. The highest BCUT2D eigenvalue weighted by Crippen LogP contribution is 2.43. The molecule has 1 aliphatic heterocycles. The van der Waals surface area contributed by atoms with Crippen LogP contribution < -0.4 is 10.5 Å². The first-order valence-corrected chi connectivity index (χ1v) is 14.0. The minimum atomic E-state index is -0.981. The molecule has 5 aromatic rings. The first-order chi connectivity index (χ1) is 20.7. The lowest BCUT2D eigenvalue weighted by Gasteiger charge is -2.23. The third-order valence-corrected chi connectivity index (χ3v) is 8.10. The number of azo groups is 1. The third kappa shape index (κ3) is 4.88. The standard InChI is InChI=1S/C33H31FN6O3/c1-17-21-6-5-11-43-32(21)25(34)14-22(17)31-23(16-30(41)42)18(2)38-33-24(31)15-29(40(33)4)20-9-10-37-28(13-20)19-7-8-27(39-36-3)26(35)12-19/h7-10,12-15H,5-6,11,16,35H2,1-4H3,(H,41,42). The van der Waals surface area contributed by atoms with Crippen LogP contribution >= 0.6 is 0 Å². The number of hydrogen-bond donors (Lipinski definition) is 2. The average Bonchev–Trinajstić information content (AvgIpc) is 3.32.